The zero-order valence-electron chi connectivity index (χ0n) is 16.1. The van der Waals surface area contributed by atoms with E-state index < -0.39 is 0 Å². The molecule has 9 heteroatoms. The number of rotatable bonds is 8. The van der Waals surface area contributed by atoms with Crippen LogP contribution in [-0.2, 0) is 9.53 Å². The highest BCUT2D eigenvalue weighted by Crippen LogP contribution is 2.26. The van der Waals surface area contributed by atoms with Crippen molar-refractivity contribution in [3.8, 4) is 0 Å². The third-order valence-corrected chi connectivity index (χ3v) is 4.40. The molecule has 0 radical (unpaired) electrons. The molecule has 1 saturated heterocycles. The number of ether oxygens (including phenoxy) is 1. The van der Waals surface area contributed by atoms with Gasteiger partial charge >= 0.3 is 0 Å². The first-order chi connectivity index (χ1) is 13.6. The number of hydrogen-bond donors (Lipinski definition) is 4. The average molecular weight is 385 g/mol. The number of nitrogen functional groups attached to an aromatic ring is 1. The van der Waals surface area contributed by atoms with Gasteiger partial charge in [0.05, 0.1) is 13.2 Å². The Balaban J connectivity index is 1.52. The Hall–Kier alpha value is -2.91. The molecule has 1 aromatic carbocycles. The van der Waals surface area contributed by atoms with Gasteiger partial charge in [0.15, 0.2) is 11.6 Å². The van der Waals surface area contributed by atoms with Crippen LogP contribution < -0.4 is 21.7 Å². The lowest BCUT2D eigenvalue weighted by Gasteiger charge is -2.26. The van der Waals surface area contributed by atoms with E-state index in [1.807, 2.05) is 24.3 Å². The van der Waals surface area contributed by atoms with E-state index >= 15 is 0 Å². The van der Waals surface area contributed by atoms with Crippen molar-refractivity contribution in [2.75, 3.05) is 61.1 Å². The first-order valence-electron chi connectivity index (χ1n) is 9.41. The van der Waals surface area contributed by atoms with Crippen molar-refractivity contribution < 1.29 is 9.53 Å². The second-order valence-electron chi connectivity index (χ2n) is 6.60. The second kappa shape index (κ2) is 9.86. The van der Waals surface area contributed by atoms with Crippen LogP contribution in [0.25, 0.3) is 0 Å². The minimum Gasteiger partial charge on any atom is -0.393 e. The minimum absolute atomic E-state index is 0.106. The number of hydrogen-bond acceptors (Lipinski definition) is 8. The average Bonchev–Trinajstić information content (AvgIpc) is 2.70. The summed E-state index contributed by atoms with van der Waals surface area (Å²) in [6.45, 7) is 6.88. The monoisotopic (exact) mass is 385 g/mol. The van der Waals surface area contributed by atoms with Gasteiger partial charge in [-0.15, -0.1) is 0 Å². The molecule has 9 nitrogen and oxygen atoms in total. The summed E-state index contributed by atoms with van der Waals surface area (Å²) in [4.78, 5) is 22.0. The molecular formula is C19H27N7O2. The molecule has 150 valence electrons. The molecule has 1 fully saturated rings. The number of nitrogens with zero attached hydrogens (tertiary/aromatic N) is 3. The van der Waals surface area contributed by atoms with Gasteiger partial charge in [-0.05, 0) is 37.2 Å². The van der Waals surface area contributed by atoms with Crippen LogP contribution in [0, 0.1) is 0 Å². The van der Waals surface area contributed by atoms with E-state index in [9.17, 15) is 4.79 Å². The fourth-order valence-electron chi connectivity index (χ4n) is 2.95. The Morgan fingerprint density at radius 1 is 1.14 bits per heavy atom. The molecule has 1 aliphatic rings. The first-order valence-corrected chi connectivity index (χ1v) is 9.41. The fraction of sp³-hybridized carbons (Fsp3) is 0.421. The van der Waals surface area contributed by atoms with Crippen molar-refractivity contribution in [1.29, 1.82) is 0 Å². The summed E-state index contributed by atoms with van der Waals surface area (Å²) < 4.78 is 5.36. The fourth-order valence-corrected chi connectivity index (χ4v) is 2.95. The number of morpholine rings is 1. The third kappa shape index (κ3) is 5.80. The molecule has 1 aliphatic heterocycles. The number of anilines is 5. The minimum atomic E-state index is -0.106. The zero-order valence-corrected chi connectivity index (χ0v) is 16.1. The smallest absolute Gasteiger partial charge is 0.221 e. The molecule has 5 N–H and O–H groups in total. The molecule has 0 saturated carbocycles. The molecule has 2 heterocycles. The highest BCUT2D eigenvalue weighted by Gasteiger charge is 2.11. The normalized spacial score (nSPS) is 14.5. The van der Waals surface area contributed by atoms with Gasteiger partial charge in [-0.1, -0.05) is 0 Å². The summed E-state index contributed by atoms with van der Waals surface area (Å²) in [6.07, 6.45) is 2.48. The maximum absolute atomic E-state index is 11.1. The first kappa shape index (κ1) is 19.8. The van der Waals surface area contributed by atoms with Crippen molar-refractivity contribution in [3.63, 3.8) is 0 Å². The van der Waals surface area contributed by atoms with Crippen molar-refractivity contribution in [2.45, 2.75) is 13.3 Å². The van der Waals surface area contributed by atoms with Gasteiger partial charge in [0.1, 0.15) is 12.0 Å². The SMILES string of the molecule is CC(=O)Nc1ccc(Nc2ncnc(NCCCN3CCOCC3)c2N)cc1. The van der Waals surface area contributed by atoms with E-state index in [-0.39, 0.29) is 5.91 Å². The summed E-state index contributed by atoms with van der Waals surface area (Å²) in [7, 11) is 0. The number of carbonyl (C=O) groups excluding carboxylic acids is 1. The lowest BCUT2D eigenvalue weighted by Crippen LogP contribution is -2.37. The predicted molar refractivity (Wildman–Crippen MR) is 111 cm³/mol. The summed E-state index contributed by atoms with van der Waals surface area (Å²) in [6, 6.07) is 7.32. The summed E-state index contributed by atoms with van der Waals surface area (Å²) >= 11 is 0. The van der Waals surface area contributed by atoms with Gasteiger partial charge in [-0.25, -0.2) is 9.97 Å². The van der Waals surface area contributed by atoms with Crippen LogP contribution >= 0.6 is 0 Å². The molecule has 0 spiro atoms. The Kier molecular flexibility index (Phi) is 6.99. The van der Waals surface area contributed by atoms with Gasteiger partial charge in [0.25, 0.3) is 0 Å². The van der Waals surface area contributed by atoms with E-state index in [1.165, 1.54) is 13.3 Å². The van der Waals surface area contributed by atoms with Crippen molar-refractivity contribution in [2.24, 2.45) is 0 Å². The van der Waals surface area contributed by atoms with E-state index in [0.717, 1.165) is 57.2 Å². The Morgan fingerprint density at radius 3 is 2.54 bits per heavy atom. The Labute approximate surface area is 164 Å². The van der Waals surface area contributed by atoms with Crippen molar-refractivity contribution in [1.82, 2.24) is 14.9 Å². The van der Waals surface area contributed by atoms with Crippen LogP contribution in [0.4, 0.5) is 28.7 Å². The van der Waals surface area contributed by atoms with Gasteiger partial charge in [0, 0.05) is 37.9 Å². The second-order valence-corrected chi connectivity index (χ2v) is 6.60. The molecule has 3 rings (SSSR count). The topological polar surface area (TPSA) is 117 Å². The summed E-state index contributed by atoms with van der Waals surface area (Å²) in [5.74, 6) is 1.05. The molecule has 1 aromatic heterocycles. The highest BCUT2D eigenvalue weighted by atomic mass is 16.5. The number of aromatic nitrogens is 2. The molecule has 0 bridgehead atoms. The number of benzene rings is 1. The molecule has 0 atom stereocenters. The van der Waals surface area contributed by atoms with E-state index in [4.69, 9.17) is 10.5 Å². The van der Waals surface area contributed by atoms with Crippen molar-refractivity contribution in [3.05, 3.63) is 30.6 Å². The predicted octanol–water partition coefficient (Wildman–Crippen LogP) is 1.89. The van der Waals surface area contributed by atoms with Gasteiger partial charge < -0.3 is 26.4 Å². The van der Waals surface area contributed by atoms with Crippen LogP contribution in [-0.4, -0.2) is 60.2 Å². The molecule has 2 aromatic rings. The van der Waals surface area contributed by atoms with Gasteiger partial charge in [-0.3, -0.25) is 9.69 Å². The Bertz CT molecular complexity index is 776. The lowest BCUT2D eigenvalue weighted by molar-refractivity contribution is -0.114. The quantitative estimate of drug-likeness (QED) is 0.509. The maximum atomic E-state index is 11.1. The van der Waals surface area contributed by atoms with Crippen LogP contribution in [0.1, 0.15) is 13.3 Å². The number of carbonyl (C=O) groups is 1. The summed E-state index contributed by atoms with van der Waals surface area (Å²) in [5, 5.41) is 9.20. The number of nitrogens with one attached hydrogen (secondary N) is 3. The van der Waals surface area contributed by atoms with Crippen LogP contribution in [0.3, 0.4) is 0 Å². The van der Waals surface area contributed by atoms with Gasteiger partial charge in [-0.2, -0.15) is 0 Å². The molecule has 28 heavy (non-hydrogen) atoms. The largest absolute Gasteiger partial charge is 0.393 e. The third-order valence-electron chi connectivity index (χ3n) is 4.40. The van der Waals surface area contributed by atoms with Crippen molar-refractivity contribution >= 4 is 34.6 Å². The molecule has 0 unspecified atom stereocenters. The maximum Gasteiger partial charge on any atom is 0.221 e. The van der Waals surface area contributed by atoms with Crippen LogP contribution in [0.2, 0.25) is 0 Å². The van der Waals surface area contributed by atoms with Crippen LogP contribution in [0.15, 0.2) is 30.6 Å². The Morgan fingerprint density at radius 2 is 1.82 bits per heavy atom. The zero-order chi connectivity index (χ0) is 19.8. The number of nitrogens with two attached hydrogens (primary N) is 1. The highest BCUT2D eigenvalue weighted by molar-refractivity contribution is 5.89. The standard InChI is InChI=1S/C19H27N7O2/c1-14(27)24-15-3-5-16(6-4-15)25-19-17(20)18(22-13-23-19)21-7-2-8-26-9-11-28-12-10-26/h3-6,13H,2,7-12,20H2,1H3,(H,24,27)(H2,21,22,23,25). The van der Waals surface area contributed by atoms with Gasteiger partial charge in [0.2, 0.25) is 5.91 Å². The van der Waals surface area contributed by atoms with Crippen LogP contribution in [0.5, 0.6) is 0 Å². The summed E-state index contributed by atoms with van der Waals surface area (Å²) in [5.41, 5.74) is 8.24. The molecule has 0 aliphatic carbocycles. The van der Waals surface area contributed by atoms with E-state index in [0.29, 0.717) is 17.3 Å². The lowest BCUT2D eigenvalue weighted by atomic mass is 10.2. The number of amides is 1. The van der Waals surface area contributed by atoms with E-state index in [1.54, 1.807) is 0 Å². The van der Waals surface area contributed by atoms with E-state index in [2.05, 4.69) is 30.8 Å². The molecule has 1 amide bonds. The molecular weight excluding hydrogens is 358 g/mol.